The molecule has 4 nitrogen and oxygen atoms in total. The standard InChI is InChI=1S/C16H24N2O2/c1-17-10-13-6-5-9-18(11-13)12-15(19)14-7-3-4-8-16(14)20-2/h3-4,7-8,13,17H,5-6,9-12H2,1-2H3. The van der Waals surface area contributed by atoms with Crippen molar-refractivity contribution in [3.05, 3.63) is 29.8 Å². The van der Waals surface area contributed by atoms with Gasteiger partial charge in [-0.05, 0) is 51.0 Å². The highest BCUT2D eigenvalue weighted by Gasteiger charge is 2.22. The predicted octanol–water partition coefficient (Wildman–Crippen LogP) is 1.81. The van der Waals surface area contributed by atoms with E-state index < -0.39 is 0 Å². The second-order valence-corrected chi connectivity index (χ2v) is 5.42. The molecule has 0 aromatic heterocycles. The van der Waals surface area contributed by atoms with Crippen molar-refractivity contribution in [2.45, 2.75) is 12.8 Å². The maximum Gasteiger partial charge on any atom is 0.180 e. The van der Waals surface area contributed by atoms with E-state index in [1.807, 2.05) is 31.3 Å². The number of ketones is 1. The molecule has 1 unspecified atom stereocenters. The fourth-order valence-electron chi connectivity index (χ4n) is 2.91. The number of ether oxygens (including phenoxy) is 1. The third-order valence-electron chi connectivity index (χ3n) is 3.87. The molecule has 110 valence electrons. The Hall–Kier alpha value is -1.39. The molecule has 1 aliphatic heterocycles. The Labute approximate surface area is 121 Å². The second kappa shape index (κ2) is 7.41. The van der Waals surface area contributed by atoms with E-state index >= 15 is 0 Å². The number of nitrogens with one attached hydrogen (secondary N) is 1. The quantitative estimate of drug-likeness (QED) is 0.805. The van der Waals surface area contributed by atoms with Gasteiger partial charge in [0, 0.05) is 6.54 Å². The summed E-state index contributed by atoms with van der Waals surface area (Å²) in [7, 11) is 3.59. The molecule has 1 atom stereocenters. The first-order valence-corrected chi connectivity index (χ1v) is 7.27. The third kappa shape index (κ3) is 3.81. The number of nitrogens with zero attached hydrogens (tertiary/aromatic N) is 1. The Morgan fingerprint density at radius 2 is 2.25 bits per heavy atom. The van der Waals surface area contributed by atoms with E-state index in [0.717, 1.165) is 19.6 Å². The van der Waals surface area contributed by atoms with E-state index in [-0.39, 0.29) is 5.78 Å². The summed E-state index contributed by atoms with van der Waals surface area (Å²) in [6.45, 7) is 3.53. The van der Waals surface area contributed by atoms with E-state index in [9.17, 15) is 4.79 Å². The van der Waals surface area contributed by atoms with Crippen LogP contribution < -0.4 is 10.1 Å². The molecule has 1 fully saturated rings. The van der Waals surface area contributed by atoms with Gasteiger partial charge in [-0.3, -0.25) is 9.69 Å². The lowest BCUT2D eigenvalue weighted by Crippen LogP contribution is -2.41. The summed E-state index contributed by atoms with van der Waals surface area (Å²) in [5, 5.41) is 3.23. The van der Waals surface area contributed by atoms with Gasteiger partial charge in [0.05, 0.1) is 19.2 Å². The van der Waals surface area contributed by atoms with E-state index in [1.165, 1.54) is 12.8 Å². The highest BCUT2D eigenvalue weighted by molar-refractivity contribution is 6.00. The number of methoxy groups -OCH3 is 1. The molecule has 0 spiro atoms. The number of rotatable bonds is 6. The Morgan fingerprint density at radius 1 is 1.45 bits per heavy atom. The summed E-state index contributed by atoms with van der Waals surface area (Å²) in [4.78, 5) is 14.7. The maximum atomic E-state index is 12.4. The van der Waals surface area contributed by atoms with E-state index in [0.29, 0.717) is 23.8 Å². The van der Waals surface area contributed by atoms with Crippen LogP contribution in [0.15, 0.2) is 24.3 Å². The molecule has 1 heterocycles. The van der Waals surface area contributed by atoms with Crippen LogP contribution in [0.3, 0.4) is 0 Å². The number of hydrogen-bond acceptors (Lipinski definition) is 4. The zero-order chi connectivity index (χ0) is 14.4. The molecule has 1 aromatic carbocycles. The average molecular weight is 276 g/mol. The van der Waals surface area contributed by atoms with Crippen molar-refractivity contribution in [1.29, 1.82) is 0 Å². The van der Waals surface area contributed by atoms with Crippen LogP contribution in [0, 0.1) is 5.92 Å². The van der Waals surface area contributed by atoms with E-state index in [4.69, 9.17) is 4.74 Å². The molecular formula is C16H24N2O2. The summed E-state index contributed by atoms with van der Waals surface area (Å²) in [5.41, 5.74) is 0.686. The average Bonchev–Trinajstić information content (AvgIpc) is 2.48. The van der Waals surface area contributed by atoms with Gasteiger partial charge in [-0.25, -0.2) is 0 Å². The van der Waals surface area contributed by atoms with Gasteiger partial charge >= 0.3 is 0 Å². The summed E-state index contributed by atoms with van der Waals surface area (Å²) < 4.78 is 5.27. The minimum absolute atomic E-state index is 0.146. The Bertz CT molecular complexity index is 446. The fraction of sp³-hybridized carbons (Fsp3) is 0.562. The number of carbonyl (C=O) groups excluding carboxylic acids is 1. The van der Waals surface area contributed by atoms with Gasteiger partial charge in [-0.2, -0.15) is 0 Å². The SMILES string of the molecule is CNCC1CCCN(CC(=O)c2ccccc2OC)C1. The minimum atomic E-state index is 0.146. The molecule has 0 radical (unpaired) electrons. The first-order chi connectivity index (χ1) is 9.74. The zero-order valence-corrected chi connectivity index (χ0v) is 12.4. The van der Waals surface area contributed by atoms with E-state index in [1.54, 1.807) is 7.11 Å². The van der Waals surface area contributed by atoms with Crippen LogP contribution in [0.1, 0.15) is 23.2 Å². The van der Waals surface area contributed by atoms with Crippen molar-refractivity contribution in [2.24, 2.45) is 5.92 Å². The summed E-state index contributed by atoms with van der Waals surface area (Å²) in [5.74, 6) is 1.47. The van der Waals surface area contributed by atoms with Gasteiger partial charge in [-0.15, -0.1) is 0 Å². The number of piperidine rings is 1. The molecule has 0 amide bonds. The second-order valence-electron chi connectivity index (χ2n) is 5.42. The van der Waals surface area contributed by atoms with Gasteiger partial charge in [0.25, 0.3) is 0 Å². The van der Waals surface area contributed by atoms with E-state index in [2.05, 4.69) is 10.2 Å². The number of likely N-dealkylation sites (tertiary alicyclic amines) is 1. The van der Waals surface area contributed by atoms with Gasteiger partial charge in [0.1, 0.15) is 5.75 Å². The Morgan fingerprint density at radius 3 is 3.00 bits per heavy atom. The Kier molecular flexibility index (Phi) is 5.56. The molecule has 1 aromatic rings. The van der Waals surface area contributed by atoms with Crippen molar-refractivity contribution in [3.63, 3.8) is 0 Å². The lowest BCUT2D eigenvalue weighted by atomic mass is 9.97. The van der Waals surface area contributed by atoms with Gasteiger partial charge < -0.3 is 10.1 Å². The van der Waals surface area contributed by atoms with Crippen molar-refractivity contribution >= 4 is 5.78 Å². The molecular weight excluding hydrogens is 252 g/mol. The summed E-state index contributed by atoms with van der Waals surface area (Å²) in [6, 6.07) is 7.46. The third-order valence-corrected chi connectivity index (χ3v) is 3.87. The number of benzene rings is 1. The first kappa shape index (κ1) is 15.0. The van der Waals surface area contributed by atoms with Crippen LogP contribution in [0.2, 0.25) is 0 Å². The lowest BCUT2D eigenvalue weighted by molar-refractivity contribution is 0.0884. The van der Waals surface area contributed by atoms with Gasteiger partial charge in [0.2, 0.25) is 0 Å². The highest BCUT2D eigenvalue weighted by Crippen LogP contribution is 2.20. The molecule has 4 heteroatoms. The highest BCUT2D eigenvalue weighted by atomic mass is 16.5. The van der Waals surface area contributed by atoms with Crippen molar-refractivity contribution < 1.29 is 9.53 Å². The molecule has 1 N–H and O–H groups in total. The molecule has 2 rings (SSSR count). The summed E-state index contributed by atoms with van der Waals surface area (Å²) in [6.07, 6.45) is 2.42. The smallest absolute Gasteiger partial charge is 0.180 e. The lowest BCUT2D eigenvalue weighted by Gasteiger charge is -2.32. The van der Waals surface area contributed by atoms with Crippen LogP contribution in [-0.4, -0.2) is 51.0 Å². The summed E-state index contributed by atoms with van der Waals surface area (Å²) >= 11 is 0. The first-order valence-electron chi connectivity index (χ1n) is 7.27. The topological polar surface area (TPSA) is 41.6 Å². The maximum absolute atomic E-state index is 12.4. The minimum Gasteiger partial charge on any atom is -0.496 e. The molecule has 20 heavy (non-hydrogen) atoms. The normalized spacial score (nSPS) is 19.8. The van der Waals surface area contributed by atoms with Gasteiger partial charge in [0.15, 0.2) is 5.78 Å². The fourth-order valence-corrected chi connectivity index (χ4v) is 2.91. The number of Topliss-reactive ketones (excluding diaryl/α,β-unsaturated/α-hetero) is 1. The van der Waals surface area contributed by atoms with Crippen LogP contribution >= 0.6 is 0 Å². The van der Waals surface area contributed by atoms with Crippen molar-refractivity contribution in [3.8, 4) is 5.75 Å². The van der Waals surface area contributed by atoms with Gasteiger partial charge in [-0.1, -0.05) is 12.1 Å². The molecule has 0 saturated carbocycles. The zero-order valence-electron chi connectivity index (χ0n) is 12.4. The van der Waals surface area contributed by atoms with Crippen LogP contribution in [-0.2, 0) is 0 Å². The number of para-hydroxylation sites is 1. The molecule has 1 saturated heterocycles. The number of hydrogen-bond donors (Lipinski definition) is 1. The van der Waals surface area contributed by atoms with Crippen LogP contribution in [0.5, 0.6) is 5.75 Å². The van der Waals surface area contributed by atoms with Crippen LogP contribution in [0.25, 0.3) is 0 Å². The van der Waals surface area contributed by atoms with Crippen molar-refractivity contribution in [2.75, 3.05) is 40.3 Å². The predicted molar refractivity (Wildman–Crippen MR) is 80.4 cm³/mol. The molecule has 1 aliphatic rings. The monoisotopic (exact) mass is 276 g/mol. The molecule has 0 aliphatic carbocycles. The van der Waals surface area contributed by atoms with Crippen molar-refractivity contribution in [1.82, 2.24) is 10.2 Å². The largest absolute Gasteiger partial charge is 0.496 e. The Balaban J connectivity index is 1.97. The number of carbonyl (C=O) groups is 1. The molecule has 0 bridgehead atoms. The van der Waals surface area contributed by atoms with Crippen LogP contribution in [0.4, 0.5) is 0 Å².